The lowest BCUT2D eigenvalue weighted by Crippen LogP contribution is -2.38. The van der Waals surface area contributed by atoms with Gasteiger partial charge in [-0.1, -0.05) is 36.5 Å². The van der Waals surface area contributed by atoms with Crippen LogP contribution in [-0.4, -0.2) is 32.7 Å². The number of rotatable bonds is 6. The Balaban J connectivity index is 1.98. The minimum absolute atomic E-state index is 0.0530. The topological polar surface area (TPSA) is 81.4 Å². The van der Waals surface area contributed by atoms with Crippen LogP contribution in [-0.2, 0) is 20.5 Å². The Morgan fingerprint density at radius 3 is 2.67 bits per heavy atom. The zero-order valence-electron chi connectivity index (χ0n) is 11.9. The molecule has 2 rings (SSSR count). The fourth-order valence-corrected chi connectivity index (χ4v) is 3.96. The van der Waals surface area contributed by atoms with Gasteiger partial charge >= 0.3 is 0 Å². The summed E-state index contributed by atoms with van der Waals surface area (Å²) in [7, 11) is -3.37. The van der Waals surface area contributed by atoms with Gasteiger partial charge in [-0.3, -0.25) is 0 Å². The summed E-state index contributed by atoms with van der Waals surface area (Å²) in [5.74, 6) is 0.194. The number of nitrogens with two attached hydrogens (primary N) is 1. The van der Waals surface area contributed by atoms with Crippen LogP contribution in [0.5, 0.6) is 0 Å². The summed E-state index contributed by atoms with van der Waals surface area (Å²) < 4.78 is 32.4. The highest BCUT2D eigenvalue weighted by Crippen LogP contribution is 2.17. The second-order valence-corrected chi connectivity index (χ2v) is 7.54. The zero-order valence-corrected chi connectivity index (χ0v) is 13.5. The van der Waals surface area contributed by atoms with Crippen molar-refractivity contribution in [1.82, 2.24) is 4.72 Å². The highest BCUT2D eigenvalue weighted by atomic mass is 32.2. The first-order valence-electron chi connectivity index (χ1n) is 6.84. The maximum absolute atomic E-state index is 12.2. The van der Waals surface area contributed by atoms with Gasteiger partial charge in [0.25, 0.3) is 0 Å². The molecule has 7 heteroatoms. The standard InChI is InChI=1S/C14H20N2O3S2/c1-10(13-6-7-19-8-13)16-21(17,18)9-11-2-4-12(5-3-11)14(15)20/h2-5,10,13,16H,6-9H2,1H3,(H2,15,20). The Kier molecular flexibility index (Phi) is 5.32. The van der Waals surface area contributed by atoms with E-state index in [1.165, 1.54) is 0 Å². The SMILES string of the molecule is CC(NS(=O)(=O)Cc1ccc(C(N)=S)cc1)C1CCOC1. The van der Waals surface area contributed by atoms with Crippen molar-refractivity contribution < 1.29 is 13.2 Å². The van der Waals surface area contributed by atoms with Gasteiger partial charge in [0.1, 0.15) is 4.99 Å². The van der Waals surface area contributed by atoms with E-state index in [4.69, 9.17) is 22.7 Å². The first-order chi connectivity index (χ1) is 9.87. The summed E-state index contributed by atoms with van der Waals surface area (Å²) in [6.45, 7) is 3.20. The minimum atomic E-state index is -3.37. The van der Waals surface area contributed by atoms with Crippen molar-refractivity contribution in [3.05, 3.63) is 35.4 Å². The molecule has 0 aromatic heterocycles. The largest absolute Gasteiger partial charge is 0.389 e. The van der Waals surface area contributed by atoms with E-state index in [-0.39, 0.29) is 17.7 Å². The van der Waals surface area contributed by atoms with Gasteiger partial charge in [-0.15, -0.1) is 0 Å². The van der Waals surface area contributed by atoms with E-state index in [2.05, 4.69) is 4.72 Å². The monoisotopic (exact) mass is 328 g/mol. The molecule has 21 heavy (non-hydrogen) atoms. The van der Waals surface area contributed by atoms with Crippen LogP contribution in [0.25, 0.3) is 0 Å². The third-order valence-electron chi connectivity index (χ3n) is 3.63. The Bertz CT molecular complexity index is 593. The lowest BCUT2D eigenvalue weighted by Gasteiger charge is -2.19. The molecule has 3 N–H and O–H groups in total. The summed E-state index contributed by atoms with van der Waals surface area (Å²) >= 11 is 4.87. The van der Waals surface area contributed by atoms with Crippen molar-refractivity contribution in [2.45, 2.75) is 25.1 Å². The molecule has 116 valence electrons. The van der Waals surface area contributed by atoms with Crippen molar-refractivity contribution in [2.24, 2.45) is 11.7 Å². The van der Waals surface area contributed by atoms with Crippen LogP contribution in [0.2, 0.25) is 0 Å². The number of hydrogen-bond donors (Lipinski definition) is 2. The number of benzene rings is 1. The fourth-order valence-electron chi connectivity index (χ4n) is 2.35. The molecule has 1 aliphatic rings. The number of thiocarbonyl (C=S) groups is 1. The van der Waals surface area contributed by atoms with E-state index < -0.39 is 10.0 Å². The van der Waals surface area contributed by atoms with Crippen LogP contribution in [0.1, 0.15) is 24.5 Å². The van der Waals surface area contributed by atoms with E-state index in [1.807, 2.05) is 6.92 Å². The minimum Gasteiger partial charge on any atom is -0.389 e. The average Bonchev–Trinajstić information content (AvgIpc) is 2.92. The molecule has 1 aromatic rings. The van der Waals surface area contributed by atoms with Crippen LogP contribution in [0.3, 0.4) is 0 Å². The number of ether oxygens (including phenoxy) is 1. The molecule has 1 fully saturated rings. The van der Waals surface area contributed by atoms with E-state index in [0.717, 1.165) is 12.0 Å². The van der Waals surface area contributed by atoms with E-state index >= 15 is 0 Å². The summed E-state index contributed by atoms with van der Waals surface area (Å²) in [4.78, 5) is 0.303. The van der Waals surface area contributed by atoms with Gasteiger partial charge in [0.15, 0.2) is 0 Å². The van der Waals surface area contributed by atoms with Crippen LogP contribution in [0.15, 0.2) is 24.3 Å². The molecule has 0 saturated carbocycles. The average molecular weight is 328 g/mol. The molecule has 0 spiro atoms. The molecular weight excluding hydrogens is 308 g/mol. The first-order valence-corrected chi connectivity index (χ1v) is 8.90. The summed E-state index contributed by atoms with van der Waals surface area (Å²) in [6.07, 6.45) is 0.895. The third kappa shape index (κ3) is 4.74. The highest BCUT2D eigenvalue weighted by Gasteiger charge is 2.25. The van der Waals surface area contributed by atoms with Gasteiger partial charge in [0.2, 0.25) is 10.0 Å². The maximum Gasteiger partial charge on any atom is 0.216 e. The molecule has 0 aliphatic carbocycles. The molecule has 2 unspecified atom stereocenters. The van der Waals surface area contributed by atoms with Crippen molar-refractivity contribution in [2.75, 3.05) is 13.2 Å². The Hall–Kier alpha value is -1.02. The fraction of sp³-hybridized carbons (Fsp3) is 0.500. The molecule has 2 atom stereocenters. The van der Waals surface area contributed by atoms with Crippen LogP contribution in [0, 0.1) is 5.92 Å². The molecule has 1 aromatic carbocycles. The van der Waals surface area contributed by atoms with E-state index in [9.17, 15) is 8.42 Å². The second-order valence-electron chi connectivity index (χ2n) is 5.35. The third-order valence-corrected chi connectivity index (χ3v) is 5.31. The zero-order chi connectivity index (χ0) is 15.5. The molecule has 0 amide bonds. The molecule has 1 saturated heterocycles. The molecule has 0 radical (unpaired) electrons. The first kappa shape index (κ1) is 16.4. The van der Waals surface area contributed by atoms with Gasteiger partial charge in [-0.05, 0) is 18.9 Å². The smallest absolute Gasteiger partial charge is 0.216 e. The summed E-state index contributed by atoms with van der Waals surface area (Å²) in [5, 5.41) is 0. The van der Waals surface area contributed by atoms with Crippen molar-refractivity contribution in [3.8, 4) is 0 Å². The normalized spacial score (nSPS) is 20.3. The van der Waals surface area contributed by atoms with Crippen molar-refractivity contribution >= 4 is 27.2 Å². The number of sulfonamides is 1. The molecule has 1 aliphatic heterocycles. The number of hydrogen-bond acceptors (Lipinski definition) is 4. The van der Waals surface area contributed by atoms with Gasteiger partial charge < -0.3 is 10.5 Å². The molecule has 0 bridgehead atoms. The summed E-state index contributed by atoms with van der Waals surface area (Å²) in [6, 6.07) is 6.82. The lowest BCUT2D eigenvalue weighted by atomic mass is 10.0. The molecule has 5 nitrogen and oxygen atoms in total. The van der Waals surface area contributed by atoms with Crippen molar-refractivity contribution in [3.63, 3.8) is 0 Å². The molecular formula is C14H20N2O3S2. The van der Waals surface area contributed by atoms with Crippen LogP contribution in [0.4, 0.5) is 0 Å². The van der Waals surface area contributed by atoms with E-state index in [1.54, 1.807) is 24.3 Å². The Labute approximate surface area is 130 Å². The summed E-state index contributed by atoms with van der Waals surface area (Å²) in [5.41, 5.74) is 6.95. The van der Waals surface area contributed by atoms with Crippen LogP contribution >= 0.6 is 12.2 Å². The van der Waals surface area contributed by atoms with Crippen molar-refractivity contribution in [1.29, 1.82) is 0 Å². The van der Waals surface area contributed by atoms with Gasteiger partial charge in [-0.25, -0.2) is 13.1 Å². The maximum atomic E-state index is 12.2. The van der Waals surface area contributed by atoms with Gasteiger partial charge in [0.05, 0.1) is 12.4 Å². The Morgan fingerprint density at radius 1 is 1.48 bits per heavy atom. The van der Waals surface area contributed by atoms with Crippen LogP contribution < -0.4 is 10.5 Å². The lowest BCUT2D eigenvalue weighted by molar-refractivity contribution is 0.180. The quantitative estimate of drug-likeness (QED) is 0.766. The van der Waals surface area contributed by atoms with Gasteiger partial charge in [-0.2, -0.15) is 0 Å². The highest BCUT2D eigenvalue weighted by molar-refractivity contribution is 7.88. The second kappa shape index (κ2) is 6.83. The number of nitrogens with one attached hydrogen (secondary N) is 1. The molecule has 1 heterocycles. The van der Waals surface area contributed by atoms with Gasteiger partial charge in [0, 0.05) is 24.1 Å². The predicted molar refractivity (Wildman–Crippen MR) is 86.5 cm³/mol. The van der Waals surface area contributed by atoms with E-state index in [0.29, 0.717) is 23.8 Å². The Morgan fingerprint density at radius 2 is 2.14 bits per heavy atom. The predicted octanol–water partition coefficient (Wildman–Crippen LogP) is 1.17.